The highest BCUT2D eigenvalue weighted by Crippen LogP contribution is 2.29. The molecule has 2 aromatic rings. The Hall–Kier alpha value is -1.85. The van der Waals surface area contributed by atoms with Crippen molar-refractivity contribution in [2.75, 3.05) is 0 Å². The predicted molar refractivity (Wildman–Crippen MR) is 46.4 cm³/mol. The second-order valence-corrected chi connectivity index (χ2v) is 2.91. The van der Waals surface area contributed by atoms with Crippen LogP contribution in [0, 0.1) is 0 Å². The zero-order valence-corrected chi connectivity index (χ0v) is 7.32. The molecule has 0 saturated heterocycles. The van der Waals surface area contributed by atoms with E-state index in [1.165, 1.54) is 18.3 Å². The number of rotatable bonds is 1. The van der Waals surface area contributed by atoms with Gasteiger partial charge in [0.05, 0.1) is 5.69 Å². The van der Waals surface area contributed by atoms with Crippen LogP contribution >= 0.6 is 0 Å². The van der Waals surface area contributed by atoms with E-state index >= 15 is 0 Å². The summed E-state index contributed by atoms with van der Waals surface area (Å²) in [5, 5.41) is 0.289. The van der Waals surface area contributed by atoms with Gasteiger partial charge in [0.1, 0.15) is 5.65 Å². The summed E-state index contributed by atoms with van der Waals surface area (Å²) in [6.45, 7) is 0. The van der Waals surface area contributed by atoms with E-state index in [-0.39, 0.29) is 21.9 Å². The molecular weight excluding hydrogens is 209 g/mol. The first kappa shape index (κ1) is 9.70. The van der Waals surface area contributed by atoms with Crippen molar-refractivity contribution in [2.45, 2.75) is 6.30 Å². The van der Waals surface area contributed by atoms with Gasteiger partial charge in [-0.3, -0.25) is 4.79 Å². The first-order valence-electron chi connectivity index (χ1n) is 4.03. The average Bonchev–Trinajstić information content (AvgIpc) is 2.54. The SMILES string of the molecule is O=Cc1cc2cccnc2n1C(F)(F)F. The van der Waals surface area contributed by atoms with Crippen LogP contribution in [0.15, 0.2) is 24.4 Å². The van der Waals surface area contributed by atoms with Gasteiger partial charge in [0.25, 0.3) is 0 Å². The van der Waals surface area contributed by atoms with E-state index in [1.54, 1.807) is 0 Å². The average molecular weight is 214 g/mol. The Bertz CT molecular complexity index is 516. The van der Waals surface area contributed by atoms with E-state index in [0.717, 1.165) is 6.07 Å². The number of hydrogen-bond donors (Lipinski definition) is 0. The van der Waals surface area contributed by atoms with Gasteiger partial charge in [-0.05, 0) is 18.2 Å². The zero-order valence-electron chi connectivity index (χ0n) is 7.32. The summed E-state index contributed by atoms with van der Waals surface area (Å²) in [5.41, 5.74) is -0.705. The van der Waals surface area contributed by atoms with Gasteiger partial charge in [0.15, 0.2) is 6.29 Å². The third-order valence-electron chi connectivity index (χ3n) is 1.96. The van der Waals surface area contributed by atoms with E-state index in [4.69, 9.17) is 0 Å². The topological polar surface area (TPSA) is 34.9 Å². The number of hydrogen-bond acceptors (Lipinski definition) is 2. The van der Waals surface area contributed by atoms with Crippen LogP contribution in [0.5, 0.6) is 0 Å². The maximum atomic E-state index is 12.6. The Kier molecular flexibility index (Phi) is 1.99. The molecule has 78 valence electrons. The molecule has 0 radical (unpaired) electrons. The molecule has 0 aliphatic heterocycles. The first-order chi connectivity index (χ1) is 7.04. The summed E-state index contributed by atoms with van der Waals surface area (Å²) < 4.78 is 37.7. The van der Waals surface area contributed by atoms with E-state index in [9.17, 15) is 18.0 Å². The minimum absolute atomic E-state index is 0.0324. The largest absolute Gasteiger partial charge is 0.490 e. The van der Waals surface area contributed by atoms with Crippen LogP contribution < -0.4 is 0 Å². The number of pyridine rings is 1. The standard InChI is InChI=1S/C9H5F3N2O/c10-9(11,12)14-7(5-15)4-6-2-1-3-13-8(6)14/h1-5H. The van der Waals surface area contributed by atoms with Crippen molar-refractivity contribution >= 4 is 17.3 Å². The minimum atomic E-state index is -4.63. The first-order valence-corrected chi connectivity index (χ1v) is 4.03. The van der Waals surface area contributed by atoms with Crippen molar-refractivity contribution in [1.82, 2.24) is 9.55 Å². The van der Waals surface area contributed by atoms with Crippen molar-refractivity contribution in [1.29, 1.82) is 0 Å². The van der Waals surface area contributed by atoms with E-state index in [1.807, 2.05) is 0 Å². The number of aldehydes is 1. The molecule has 2 rings (SSSR count). The Balaban J connectivity index is 2.84. The lowest BCUT2D eigenvalue weighted by Gasteiger charge is -2.09. The number of aromatic nitrogens is 2. The van der Waals surface area contributed by atoms with Crippen molar-refractivity contribution in [2.24, 2.45) is 0 Å². The quantitative estimate of drug-likeness (QED) is 0.683. The number of alkyl halides is 3. The Morgan fingerprint density at radius 3 is 2.73 bits per heavy atom. The molecule has 0 fully saturated rings. The van der Waals surface area contributed by atoms with E-state index in [2.05, 4.69) is 4.98 Å². The molecule has 3 nitrogen and oxygen atoms in total. The fourth-order valence-corrected chi connectivity index (χ4v) is 1.41. The fourth-order valence-electron chi connectivity index (χ4n) is 1.41. The number of halogens is 3. The van der Waals surface area contributed by atoms with Gasteiger partial charge in [-0.15, -0.1) is 13.2 Å². The fraction of sp³-hybridized carbons (Fsp3) is 0.111. The summed E-state index contributed by atoms with van der Waals surface area (Å²) in [5.74, 6) is 0. The predicted octanol–water partition coefficient (Wildman–Crippen LogP) is 2.33. The molecule has 6 heteroatoms. The normalized spacial score (nSPS) is 11.9. The maximum absolute atomic E-state index is 12.6. The summed E-state index contributed by atoms with van der Waals surface area (Å²) in [6.07, 6.45) is -3.22. The molecule has 2 heterocycles. The molecule has 0 unspecified atom stereocenters. The maximum Gasteiger partial charge on any atom is 0.490 e. The summed E-state index contributed by atoms with van der Waals surface area (Å²) in [6, 6.07) is 4.14. The molecule has 0 N–H and O–H groups in total. The molecule has 0 atom stereocenters. The van der Waals surface area contributed by atoms with Gasteiger partial charge in [0.2, 0.25) is 0 Å². The van der Waals surface area contributed by atoms with Crippen LogP contribution in [0.2, 0.25) is 0 Å². The second kappa shape index (κ2) is 3.08. The van der Waals surface area contributed by atoms with Gasteiger partial charge < -0.3 is 0 Å². The molecule has 2 aromatic heterocycles. The smallest absolute Gasteiger partial charge is 0.296 e. The second-order valence-electron chi connectivity index (χ2n) is 2.91. The highest BCUT2D eigenvalue weighted by molar-refractivity contribution is 5.86. The van der Waals surface area contributed by atoms with Crippen LogP contribution in [0.4, 0.5) is 13.2 Å². The van der Waals surface area contributed by atoms with E-state index in [0.29, 0.717) is 0 Å². The third kappa shape index (κ3) is 1.47. The Morgan fingerprint density at radius 2 is 2.13 bits per heavy atom. The van der Waals surface area contributed by atoms with Crippen molar-refractivity contribution in [3.63, 3.8) is 0 Å². The molecule has 0 aliphatic rings. The lowest BCUT2D eigenvalue weighted by Crippen LogP contribution is -2.19. The highest BCUT2D eigenvalue weighted by Gasteiger charge is 2.34. The number of carbonyl (C=O) groups is 1. The minimum Gasteiger partial charge on any atom is -0.296 e. The summed E-state index contributed by atoms with van der Waals surface area (Å²) >= 11 is 0. The van der Waals surface area contributed by atoms with Gasteiger partial charge in [0, 0.05) is 11.6 Å². The number of carbonyl (C=O) groups excluding carboxylic acids is 1. The molecule has 0 saturated carbocycles. The molecule has 0 bridgehead atoms. The van der Waals surface area contributed by atoms with Gasteiger partial charge in [-0.2, -0.15) is 0 Å². The van der Waals surface area contributed by atoms with E-state index < -0.39 is 12.0 Å². The molecule has 0 spiro atoms. The number of nitrogens with zero attached hydrogens (tertiary/aromatic N) is 2. The van der Waals surface area contributed by atoms with Crippen molar-refractivity contribution in [3.8, 4) is 0 Å². The van der Waals surface area contributed by atoms with Crippen LogP contribution in [0.3, 0.4) is 0 Å². The monoisotopic (exact) mass is 214 g/mol. The van der Waals surface area contributed by atoms with Crippen LogP contribution in [0.1, 0.15) is 10.5 Å². The van der Waals surface area contributed by atoms with Gasteiger partial charge in [-0.1, -0.05) is 0 Å². The lowest BCUT2D eigenvalue weighted by molar-refractivity contribution is -0.201. The molecule has 0 aliphatic carbocycles. The summed E-state index contributed by atoms with van der Waals surface area (Å²) in [4.78, 5) is 14.1. The molecule has 15 heavy (non-hydrogen) atoms. The van der Waals surface area contributed by atoms with Crippen LogP contribution in [-0.4, -0.2) is 15.8 Å². The third-order valence-corrected chi connectivity index (χ3v) is 1.96. The zero-order chi connectivity index (χ0) is 11.1. The van der Waals surface area contributed by atoms with Crippen LogP contribution in [-0.2, 0) is 6.30 Å². The van der Waals surface area contributed by atoms with Gasteiger partial charge >= 0.3 is 6.30 Å². The molecule has 0 amide bonds. The van der Waals surface area contributed by atoms with Crippen molar-refractivity contribution < 1.29 is 18.0 Å². The van der Waals surface area contributed by atoms with Crippen molar-refractivity contribution in [3.05, 3.63) is 30.1 Å². The van der Waals surface area contributed by atoms with Gasteiger partial charge in [-0.25, -0.2) is 9.55 Å². The lowest BCUT2D eigenvalue weighted by atomic mass is 10.3. The number of fused-ring (bicyclic) bond motifs is 1. The Morgan fingerprint density at radius 1 is 1.40 bits per heavy atom. The highest BCUT2D eigenvalue weighted by atomic mass is 19.4. The Labute approximate surface area is 82.1 Å². The summed E-state index contributed by atoms with van der Waals surface area (Å²) in [7, 11) is 0. The molecule has 0 aromatic carbocycles. The van der Waals surface area contributed by atoms with Crippen LogP contribution in [0.25, 0.3) is 11.0 Å². The molecular formula is C9H5F3N2O.